The fourth-order valence-electron chi connectivity index (χ4n) is 1.47. The summed E-state index contributed by atoms with van der Waals surface area (Å²) >= 11 is 4.10. The van der Waals surface area contributed by atoms with Gasteiger partial charge in [0.1, 0.15) is 0 Å². The van der Waals surface area contributed by atoms with Crippen molar-refractivity contribution < 1.29 is 5.11 Å². The lowest BCUT2D eigenvalue weighted by atomic mass is 9.88. The fourth-order valence-corrected chi connectivity index (χ4v) is 1.67. The molecule has 0 unspecified atom stereocenters. The Bertz CT molecular complexity index is 171. The summed E-state index contributed by atoms with van der Waals surface area (Å²) < 4.78 is 0. The number of nitrogens with one attached hydrogen (secondary N) is 1. The maximum Gasteiger partial charge on any atom is 0.0972 e. The maximum absolute atomic E-state index is 9.90. The number of piperidine rings is 1. The van der Waals surface area contributed by atoms with Crippen LogP contribution in [0.2, 0.25) is 0 Å². The van der Waals surface area contributed by atoms with E-state index in [1.54, 1.807) is 0 Å². The quantitative estimate of drug-likeness (QED) is 0.515. The van der Waals surface area contributed by atoms with Gasteiger partial charge in [-0.2, -0.15) is 0 Å². The molecule has 1 aliphatic rings. The zero-order chi connectivity index (χ0) is 8.48. The summed E-state index contributed by atoms with van der Waals surface area (Å²) in [5.41, 5.74) is -0.742. The van der Waals surface area contributed by atoms with Gasteiger partial charge in [-0.25, -0.2) is 0 Å². The third kappa shape index (κ3) is 1.98. The molecule has 0 radical (unpaired) electrons. The lowest BCUT2D eigenvalue weighted by molar-refractivity contribution is 0.0412. The number of aliphatic hydroxyl groups is 1. The van der Waals surface area contributed by atoms with Crippen LogP contribution >= 0.6 is 12.6 Å². The molecule has 64 valence electrons. The molecule has 2 nitrogen and oxygen atoms in total. The molecule has 0 amide bonds. The zero-order valence-electron chi connectivity index (χ0n) is 6.80. The zero-order valence-corrected chi connectivity index (χ0v) is 7.69. The van der Waals surface area contributed by atoms with Crippen molar-refractivity contribution in [1.82, 2.24) is 5.32 Å². The van der Waals surface area contributed by atoms with E-state index in [2.05, 4.69) is 31.4 Å². The predicted octanol–water partition coefficient (Wildman–Crippen LogP) is 0.933. The van der Waals surface area contributed by atoms with Crippen LogP contribution in [0, 0.1) is 0 Å². The molecule has 0 aromatic rings. The molecular formula is C8H15NOS. The molecule has 1 saturated heterocycles. The average molecular weight is 173 g/mol. The Morgan fingerprint density at radius 2 is 2.45 bits per heavy atom. The van der Waals surface area contributed by atoms with E-state index in [1.807, 2.05) is 0 Å². The van der Waals surface area contributed by atoms with E-state index < -0.39 is 5.60 Å². The van der Waals surface area contributed by atoms with Crippen molar-refractivity contribution >= 4 is 12.6 Å². The van der Waals surface area contributed by atoms with E-state index in [4.69, 9.17) is 0 Å². The average Bonchev–Trinajstić information content (AvgIpc) is 1.86. The first-order valence-electron chi connectivity index (χ1n) is 3.89. The van der Waals surface area contributed by atoms with Gasteiger partial charge in [0.15, 0.2) is 0 Å². The highest BCUT2D eigenvalue weighted by molar-refractivity contribution is 7.84. The normalized spacial score (nSPS) is 38.6. The Kier molecular flexibility index (Phi) is 2.62. The largest absolute Gasteiger partial charge is 0.385 e. The van der Waals surface area contributed by atoms with Crippen molar-refractivity contribution in [3.05, 3.63) is 11.5 Å². The second kappa shape index (κ2) is 3.17. The summed E-state index contributed by atoms with van der Waals surface area (Å²) in [5.74, 6) is 0. The summed E-state index contributed by atoms with van der Waals surface area (Å²) in [6.07, 6.45) is 1.44. The second-order valence-corrected chi connectivity index (χ2v) is 3.83. The van der Waals surface area contributed by atoms with Crippen LogP contribution in [0.5, 0.6) is 0 Å². The lowest BCUT2D eigenvalue weighted by Gasteiger charge is -2.36. The highest BCUT2D eigenvalue weighted by atomic mass is 32.1. The minimum Gasteiger partial charge on any atom is -0.385 e. The molecule has 2 atom stereocenters. The number of thiol groups is 1. The smallest absolute Gasteiger partial charge is 0.0972 e. The number of rotatable bonds is 1. The molecule has 1 heterocycles. The first-order valence-corrected chi connectivity index (χ1v) is 4.33. The Balaban J connectivity index is 2.63. The number of hydrogen-bond donors (Lipinski definition) is 3. The highest BCUT2D eigenvalue weighted by Gasteiger charge is 2.33. The van der Waals surface area contributed by atoms with Gasteiger partial charge in [0.05, 0.1) is 5.60 Å². The van der Waals surface area contributed by atoms with Crippen molar-refractivity contribution in [2.75, 3.05) is 6.54 Å². The Labute approximate surface area is 73.1 Å². The molecule has 0 aliphatic carbocycles. The van der Waals surface area contributed by atoms with E-state index in [1.165, 1.54) is 0 Å². The number of hydrogen-bond acceptors (Lipinski definition) is 3. The van der Waals surface area contributed by atoms with Crippen LogP contribution in [-0.2, 0) is 0 Å². The standard InChI is InChI=1S/C8H15NOS/c1-6-5-8(10,7(2)11)3-4-9-6/h6,9-11H,2-5H2,1H3/t6-,8+/m0/s1. The molecule has 1 fully saturated rings. The predicted molar refractivity (Wildman–Crippen MR) is 49.8 cm³/mol. The van der Waals surface area contributed by atoms with Crippen LogP contribution in [-0.4, -0.2) is 23.3 Å². The summed E-state index contributed by atoms with van der Waals surface area (Å²) in [4.78, 5) is 0.589. The Morgan fingerprint density at radius 3 is 2.82 bits per heavy atom. The summed E-state index contributed by atoms with van der Waals surface area (Å²) in [7, 11) is 0. The lowest BCUT2D eigenvalue weighted by Crippen LogP contribution is -2.46. The van der Waals surface area contributed by atoms with Crippen LogP contribution < -0.4 is 5.32 Å². The molecule has 0 aromatic heterocycles. The van der Waals surface area contributed by atoms with Gasteiger partial charge in [-0.05, 0) is 26.3 Å². The minimum atomic E-state index is -0.742. The first kappa shape index (κ1) is 9.10. The van der Waals surface area contributed by atoms with Crippen LogP contribution in [0.25, 0.3) is 0 Å². The minimum absolute atomic E-state index is 0.359. The van der Waals surface area contributed by atoms with E-state index >= 15 is 0 Å². The molecule has 0 bridgehead atoms. The Morgan fingerprint density at radius 1 is 1.82 bits per heavy atom. The van der Waals surface area contributed by atoms with Gasteiger partial charge in [-0.3, -0.25) is 0 Å². The highest BCUT2D eigenvalue weighted by Crippen LogP contribution is 2.29. The first-order chi connectivity index (χ1) is 5.04. The molecule has 1 rings (SSSR count). The summed E-state index contributed by atoms with van der Waals surface area (Å²) in [6, 6.07) is 0.359. The molecule has 0 spiro atoms. The van der Waals surface area contributed by atoms with Gasteiger partial charge < -0.3 is 10.4 Å². The van der Waals surface area contributed by atoms with E-state index in [0.29, 0.717) is 10.9 Å². The summed E-state index contributed by atoms with van der Waals surface area (Å²) in [6.45, 7) is 6.57. The van der Waals surface area contributed by atoms with Gasteiger partial charge >= 0.3 is 0 Å². The van der Waals surface area contributed by atoms with Gasteiger partial charge in [-0.1, -0.05) is 6.58 Å². The topological polar surface area (TPSA) is 32.3 Å². The van der Waals surface area contributed by atoms with E-state index in [9.17, 15) is 5.11 Å². The van der Waals surface area contributed by atoms with Crippen molar-refractivity contribution in [1.29, 1.82) is 0 Å². The van der Waals surface area contributed by atoms with Gasteiger partial charge in [0.25, 0.3) is 0 Å². The Hall–Kier alpha value is 0.01000. The van der Waals surface area contributed by atoms with Gasteiger partial charge in [0, 0.05) is 10.9 Å². The third-order valence-corrected chi connectivity index (χ3v) is 2.63. The molecule has 11 heavy (non-hydrogen) atoms. The van der Waals surface area contributed by atoms with Crippen LogP contribution in [0.1, 0.15) is 19.8 Å². The second-order valence-electron chi connectivity index (χ2n) is 3.29. The van der Waals surface area contributed by atoms with Crippen molar-refractivity contribution in [2.45, 2.75) is 31.4 Å². The van der Waals surface area contributed by atoms with Crippen LogP contribution in [0.3, 0.4) is 0 Å². The molecule has 2 N–H and O–H groups in total. The maximum atomic E-state index is 9.90. The van der Waals surface area contributed by atoms with Crippen molar-refractivity contribution in [2.24, 2.45) is 0 Å². The van der Waals surface area contributed by atoms with Crippen LogP contribution in [0.15, 0.2) is 11.5 Å². The van der Waals surface area contributed by atoms with Crippen LogP contribution in [0.4, 0.5) is 0 Å². The molecule has 1 aliphatic heterocycles. The monoisotopic (exact) mass is 173 g/mol. The third-order valence-electron chi connectivity index (χ3n) is 2.21. The molecule has 0 saturated carbocycles. The van der Waals surface area contributed by atoms with Gasteiger partial charge in [-0.15, -0.1) is 12.6 Å². The van der Waals surface area contributed by atoms with Crippen molar-refractivity contribution in [3.63, 3.8) is 0 Å². The van der Waals surface area contributed by atoms with Crippen molar-refractivity contribution in [3.8, 4) is 0 Å². The molecule has 0 aromatic carbocycles. The van der Waals surface area contributed by atoms with E-state index in [-0.39, 0.29) is 0 Å². The summed E-state index contributed by atoms with van der Waals surface area (Å²) in [5, 5.41) is 13.2. The SMILES string of the molecule is C=C(S)[C@@]1(O)CCN[C@@H](C)C1. The van der Waals surface area contributed by atoms with Gasteiger partial charge in [0.2, 0.25) is 0 Å². The fraction of sp³-hybridized carbons (Fsp3) is 0.750. The van der Waals surface area contributed by atoms with E-state index in [0.717, 1.165) is 19.4 Å². The molecule has 3 heteroatoms. The molecular weight excluding hydrogens is 158 g/mol.